The Morgan fingerprint density at radius 1 is 1.03 bits per heavy atom. The molecule has 0 spiro atoms. The predicted octanol–water partition coefficient (Wildman–Crippen LogP) is 6.19. The number of carbonyl (C=O) groups is 1. The molecule has 7 heteroatoms. The van der Waals surface area contributed by atoms with Crippen molar-refractivity contribution in [2.24, 2.45) is 0 Å². The highest BCUT2D eigenvalue weighted by atomic mass is 32.1. The van der Waals surface area contributed by atoms with Gasteiger partial charge in [0.15, 0.2) is 0 Å². The molecule has 0 aliphatic rings. The van der Waals surface area contributed by atoms with Crippen molar-refractivity contribution in [2.45, 2.75) is 27.7 Å². The first-order chi connectivity index (χ1) is 14.3. The lowest BCUT2D eigenvalue weighted by Gasteiger charge is -2.14. The summed E-state index contributed by atoms with van der Waals surface area (Å²) >= 11 is 1.16. The second-order valence-corrected chi connectivity index (χ2v) is 8.02. The molecule has 2 aromatic carbocycles. The molecular formula is C23H20N2O4S. The van der Waals surface area contributed by atoms with Gasteiger partial charge in [-0.25, -0.2) is 9.78 Å². The number of hydrogen-bond donors (Lipinski definition) is 1. The smallest absolute Gasteiger partial charge is 0.347 e. The molecule has 0 radical (unpaired) electrons. The number of aromatic nitrogens is 2. The maximum absolute atomic E-state index is 11.4. The molecular weight excluding hydrogens is 400 g/mol. The minimum absolute atomic E-state index is 0.240. The second kappa shape index (κ2) is 7.76. The van der Waals surface area contributed by atoms with Crippen molar-refractivity contribution < 1.29 is 19.2 Å². The fourth-order valence-electron chi connectivity index (χ4n) is 3.32. The van der Waals surface area contributed by atoms with E-state index in [1.165, 1.54) is 0 Å². The molecule has 0 bridgehead atoms. The molecule has 4 rings (SSSR count). The standard InChI is InChI=1S/C23H20N2O4S/c1-12-7-5-6-8-18(12)28-19-10-9-16(22-24-14(3)21(30-22)23(26)27)11-17(19)20-13(2)25-29-15(20)4/h5-11H,1-4H3,(H,26,27). The molecule has 152 valence electrons. The van der Waals surface area contributed by atoms with Gasteiger partial charge in [-0.15, -0.1) is 11.3 Å². The largest absolute Gasteiger partial charge is 0.477 e. The molecule has 0 fully saturated rings. The molecule has 2 aromatic heterocycles. The highest BCUT2D eigenvalue weighted by Crippen LogP contribution is 2.41. The minimum Gasteiger partial charge on any atom is -0.477 e. The van der Waals surface area contributed by atoms with Crippen molar-refractivity contribution in [1.82, 2.24) is 10.1 Å². The summed E-state index contributed by atoms with van der Waals surface area (Å²) in [6.07, 6.45) is 0. The average molecular weight is 420 g/mol. The molecule has 0 saturated heterocycles. The highest BCUT2D eigenvalue weighted by Gasteiger charge is 2.20. The maximum Gasteiger partial charge on any atom is 0.347 e. The van der Waals surface area contributed by atoms with Crippen LogP contribution in [0.2, 0.25) is 0 Å². The number of para-hydroxylation sites is 1. The Bertz CT molecular complexity index is 1240. The SMILES string of the molecule is Cc1ccccc1Oc1ccc(-c2nc(C)c(C(=O)O)s2)cc1-c1c(C)noc1C. The molecule has 4 aromatic rings. The lowest BCUT2D eigenvalue weighted by molar-refractivity contribution is 0.0701. The number of carboxylic acids is 1. The molecule has 0 saturated carbocycles. The Balaban J connectivity index is 1.87. The third-order valence-electron chi connectivity index (χ3n) is 4.83. The predicted molar refractivity (Wildman–Crippen MR) is 115 cm³/mol. The first kappa shape index (κ1) is 19.8. The van der Waals surface area contributed by atoms with Gasteiger partial charge >= 0.3 is 5.97 Å². The van der Waals surface area contributed by atoms with Gasteiger partial charge in [0.25, 0.3) is 0 Å². The van der Waals surface area contributed by atoms with Gasteiger partial charge in [-0.3, -0.25) is 0 Å². The van der Waals surface area contributed by atoms with Gasteiger partial charge in [0.1, 0.15) is 27.1 Å². The van der Waals surface area contributed by atoms with Gasteiger partial charge in [-0.05, 0) is 57.5 Å². The van der Waals surface area contributed by atoms with Crippen LogP contribution in [0.15, 0.2) is 47.0 Å². The van der Waals surface area contributed by atoms with E-state index in [-0.39, 0.29) is 4.88 Å². The van der Waals surface area contributed by atoms with Crippen LogP contribution < -0.4 is 4.74 Å². The molecule has 0 aliphatic carbocycles. The topological polar surface area (TPSA) is 85.5 Å². The van der Waals surface area contributed by atoms with Crippen LogP contribution in [0.4, 0.5) is 0 Å². The fourth-order valence-corrected chi connectivity index (χ4v) is 4.22. The quantitative estimate of drug-likeness (QED) is 0.414. The Hall–Kier alpha value is -3.45. The molecule has 0 atom stereocenters. The zero-order chi connectivity index (χ0) is 21.4. The van der Waals surface area contributed by atoms with E-state index in [1.807, 2.05) is 63.2 Å². The van der Waals surface area contributed by atoms with Crippen molar-refractivity contribution in [2.75, 3.05) is 0 Å². The van der Waals surface area contributed by atoms with Crippen LogP contribution in [0.5, 0.6) is 11.5 Å². The van der Waals surface area contributed by atoms with Crippen LogP contribution >= 0.6 is 11.3 Å². The number of rotatable bonds is 5. The van der Waals surface area contributed by atoms with Crippen LogP contribution in [-0.2, 0) is 0 Å². The van der Waals surface area contributed by atoms with Crippen molar-refractivity contribution in [1.29, 1.82) is 0 Å². The molecule has 30 heavy (non-hydrogen) atoms. The fraction of sp³-hybridized carbons (Fsp3) is 0.174. The summed E-state index contributed by atoms with van der Waals surface area (Å²) in [5.74, 6) is 1.13. The number of thiazole rings is 1. The van der Waals surface area contributed by atoms with Crippen molar-refractivity contribution in [3.05, 3.63) is 70.1 Å². The van der Waals surface area contributed by atoms with Crippen LogP contribution in [0.25, 0.3) is 21.7 Å². The van der Waals surface area contributed by atoms with Crippen LogP contribution in [0.1, 0.15) is 32.4 Å². The van der Waals surface area contributed by atoms with E-state index in [0.29, 0.717) is 22.2 Å². The van der Waals surface area contributed by atoms with Gasteiger partial charge in [0.2, 0.25) is 0 Å². The van der Waals surface area contributed by atoms with Crippen LogP contribution in [0, 0.1) is 27.7 Å². The van der Waals surface area contributed by atoms with E-state index in [0.717, 1.165) is 45.0 Å². The molecule has 0 aliphatic heterocycles. The number of ether oxygens (including phenoxy) is 1. The van der Waals surface area contributed by atoms with E-state index in [4.69, 9.17) is 9.26 Å². The van der Waals surface area contributed by atoms with Gasteiger partial charge in [0, 0.05) is 11.1 Å². The van der Waals surface area contributed by atoms with E-state index < -0.39 is 5.97 Å². The summed E-state index contributed by atoms with van der Waals surface area (Å²) in [6, 6.07) is 13.5. The van der Waals surface area contributed by atoms with Gasteiger partial charge < -0.3 is 14.4 Å². The van der Waals surface area contributed by atoms with Crippen molar-refractivity contribution >= 4 is 17.3 Å². The summed E-state index contributed by atoms with van der Waals surface area (Å²) in [7, 11) is 0. The lowest BCUT2D eigenvalue weighted by Crippen LogP contribution is -1.94. The Labute approximate surface area is 177 Å². The van der Waals surface area contributed by atoms with E-state index in [2.05, 4.69) is 10.1 Å². The van der Waals surface area contributed by atoms with E-state index >= 15 is 0 Å². The maximum atomic E-state index is 11.4. The summed E-state index contributed by atoms with van der Waals surface area (Å²) in [4.78, 5) is 16.1. The van der Waals surface area contributed by atoms with Gasteiger partial charge in [-0.1, -0.05) is 23.4 Å². The molecule has 1 N–H and O–H groups in total. The summed E-state index contributed by atoms with van der Waals surface area (Å²) in [6.45, 7) is 7.43. The highest BCUT2D eigenvalue weighted by molar-refractivity contribution is 7.17. The summed E-state index contributed by atoms with van der Waals surface area (Å²) in [5.41, 5.74) is 4.75. The second-order valence-electron chi connectivity index (χ2n) is 7.02. The monoisotopic (exact) mass is 420 g/mol. The third-order valence-corrected chi connectivity index (χ3v) is 6.03. The van der Waals surface area contributed by atoms with E-state index in [1.54, 1.807) is 6.92 Å². The number of hydrogen-bond acceptors (Lipinski definition) is 6. The number of aromatic carboxylic acids is 1. The minimum atomic E-state index is -0.971. The first-order valence-corrected chi connectivity index (χ1v) is 10.2. The number of aryl methyl sites for hydroxylation is 4. The lowest BCUT2D eigenvalue weighted by atomic mass is 10.0. The number of benzene rings is 2. The van der Waals surface area contributed by atoms with Crippen LogP contribution in [0.3, 0.4) is 0 Å². The molecule has 0 unspecified atom stereocenters. The Morgan fingerprint density at radius 2 is 1.80 bits per heavy atom. The van der Waals surface area contributed by atoms with Crippen molar-refractivity contribution in [3.8, 4) is 33.2 Å². The Morgan fingerprint density at radius 3 is 2.43 bits per heavy atom. The molecule has 2 heterocycles. The summed E-state index contributed by atoms with van der Waals surface area (Å²) < 4.78 is 11.6. The van der Waals surface area contributed by atoms with Gasteiger partial charge in [-0.2, -0.15) is 0 Å². The van der Waals surface area contributed by atoms with Gasteiger partial charge in [0.05, 0.1) is 17.0 Å². The zero-order valence-corrected chi connectivity index (χ0v) is 17.8. The average Bonchev–Trinajstić information content (AvgIpc) is 3.26. The van der Waals surface area contributed by atoms with E-state index in [9.17, 15) is 9.90 Å². The zero-order valence-electron chi connectivity index (χ0n) is 17.0. The first-order valence-electron chi connectivity index (χ1n) is 9.37. The number of nitrogens with zero attached hydrogens (tertiary/aromatic N) is 2. The number of carboxylic acid groups (broad SMARTS) is 1. The van der Waals surface area contributed by atoms with Crippen LogP contribution in [-0.4, -0.2) is 21.2 Å². The third kappa shape index (κ3) is 3.59. The normalized spacial score (nSPS) is 10.9. The Kier molecular flexibility index (Phi) is 5.13. The van der Waals surface area contributed by atoms with Crippen molar-refractivity contribution in [3.63, 3.8) is 0 Å². The molecule has 6 nitrogen and oxygen atoms in total. The molecule has 0 amide bonds. The summed E-state index contributed by atoms with van der Waals surface area (Å²) in [5, 5.41) is 14.1.